The second-order valence-corrected chi connectivity index (χ2v) is 7.21. The molecule has 3 nitrogen and oxygen atoms in total. The van der Waals surface area contributed by atoms with Gasteiger partial charge in [-0.25, -0.2) is 0 Å². The molecule has 0 aliphatic carbocycles. The Balaban J connectivity index is 2.15. The number of likely N-dealkylation sites (tertiary alicyclic amines) is 1. The maximum Gasteiger partial charge on any atom is 0.416 e. The standard InChI is InChI=1S/C19H29F3N2O/c1-4-24(17-7-9-23(10-8-17)12-14(2)3)18-6-5-16(19(20,21)22)11-15(18)13-25/h5-6,11,14,17,25H,4,7-10,12-13H2,1-3H3. The molecular formula is C19H29F3N2O. The van der Waals surface area contributed by atoms with E-state index in [1.165, 1.54) is 6.07 Å². The summed E-state index contributed by atoms with van der Waals surface area (Å²) in [6, 6.07) is 4.01. The zero-order valence-electron chi connectivity index (χ0n) is 15.3. The number of halogens is 3. The van der Waals surface area contributed by atoms with Crippen LogP contribution in [0.25, 0.3) is 0 Å². The molecule has 0 spiro atoms. The lowest BCUT2D eigenvalue weighted by atomic mass is 9.99. The predicted octanol–water partition coefficient (Wildman–Crippen LogP) is 4.14. The molecule has 0 atom stereocenters. The van der Waals surface area contributed by atoms with E-state index < -0.39 is 11.7 Å². The second kappa shape index (κ2) is 8.41. The van der Waals surface area contributed by atoms with E-state index in [2.05, 4.69) is 23.6 Å². The van der Waals surface area contributed by atoms with E-state index in [0.717, 1.165) is 50.3 Å². The maximum atomic E-state index is 12.9. The summed E-state index contributed by atoms with van der Waals surface area (Å²) in [6.07, 6.45) is -2.40. The molecule has 0 radical (unpaired) electrons. The monoisotopic (exact) mass is 358 g/mol. The highest BCUT2D eigenvalue weighted by Crippen LogP contribution is 2.34. The Hall–Kier alpha value is -1.27. The lowest BCUT2D eigenvalue weighted by Gasteiger charge is -2.40. The summed E-state index contributed by atoms with van der Waals surface area (Å²) in [5, 5.41) is 9.59. The second-order valence-electron chi connectivity index (χ2n) is 7.21. The van der Waals surface area contributed by atoms with Gasteiger partial charge in [0.05, 0.1) is 12.2 Å². The average molecular weight is 358 g/mol. The normalized spacial score (nSPS) is 17.3. The molecule has 0 unspecified atom stereocenters. The van der Waals surface area contributed by atoms with Crippen LogP contribution in [0.2, 0.25) is 0 Å². The summed E-state index contributed by atoms with van der Waals surface area (Å²) in [6.45, 7) is 9.86. The summed E-state index contributed by atoms with van der Waals surface area (Å²) in [5.74, 6) is 0.634. The molecule has 1 aliphatic rings. The number of aliphatic hydroxyl groups is 1. The number of nitrogens with zero attached hydrogens (tertiary/aromatic N) is 2. The third-order valence-electron chi connectivity index (χ3n) is 4.85. The minimum Gasteiger partial charge on any atom is -0.392 e. The van der Waals surface area contributed by atoms with Gasteiger partial charge in [-0.3, -0.25) is 0 Å². The lowest BCUT2D eigenvalue weighted by molar-refractivity contribution is -0.137. The minimum atomic E-state index is -4.39. The minimum absolute atomic E-state index is 0.301. The van der Waals surface area contributed by atoms with Gasteiger partial charge in [-0.1, -0.05) is 13.8 Å². The maximum absolute atomic E-state index is 12.9. The molecule has 6 heteroatoms. The van der Waals surface area contributed by atoms with Gasteiger partial charge in [0, 0.05) is 43.5 Å². The molecule has 0 aromatic heterocycles. The first-order chi connectivity index (χ1) is 11.8. The van der Waals surface area contributed by atoms with E-state index in [1.54, 1.807) is 0 Å². The fourth-order valence-corrected chi connectivity index (χ4v) is 3.72. The van der Waals surface area contributed by atoms with Crippen molar-refractivity contribution in [2.45, 2.75) is 52.4 Å². The molecule has 0 amide bonds. The Labute approximate surface area is 148 Å². The molecule has 1 N–H and O–H groups in total. The average Bonchev–Trinajstić information content (AvgIpc) is 2.55. The third kappa shape index (κ3) is 5.11. The zero-order valence-corrected chi connectivity index (χ0v) is 15.3. The van der Waals surface area contributed by atoms with Crippen LogP contribution >= 0.6 is 0 Å². The highest BCUT2D eigenvalue weighted by atomic mass is 19.4. The Bertz CT molecular complexity index is 552. The molecule has 1 heterocycles. The summed E-state index contributed by atoms with van der Waals surface area (Å²) in [5.41, 5.74) is 0.365. The topological polar surface area (TPSA) is 26.7 Å². The highest BCUT2D eigenvalue weighted by Gasteiger charge is 2.32. The summed E-state index contributed by atoms with van der Waals surface area (Å²) in [7, 11) is 0. The van der Waals surface area contributed by atoms with Crippen LogP contribution in [0.3, 0.4) is 0 Å². The van der Waals surface area contributed by atoms with Crippen molar-refractivity contribution < 1.29 is 18.3 Å². The lowest BCUT2D eigenvalue weighted by Crippen LogP contribution is -2.46. The predicted molar refractivity (Wildman–Crippen MR) is 94.7 cm³/mol. The largest absolute Gasteiger partial charge is 0.416 e. The number of rotatable bonds is 6. The highest BCUT2D eigenvalue weighted by molar-refractivity contribution is 5.56. The van der Waals surface area contributed by atoms with Crippen molar-refractivity contribution in [1.29, 1.82) is 0 Å². The fourth-order valence-electron chi connectivity index (χ4n) is 3.72. The molecular weight excluding hydrogens is 329 g/mol. The molecule has 2 rings (SSSR count). The fraction of sp³-hybridized carbons (Fsp3) is 0.684. The van der Waals surface area contributed by atoms with Crippen LogP contribution in [0.15, 0.2) is 18.2 Å². The molecule has 0 bridgehead atoms. The van der Waals surface area contributed by atoms with Crippen molar-refractivity contribution in [1.82, 2.24) is 4.90 Å². The van der Waals surface area contributed by atoms with Crippen LogP contribution in [0.4, 0.5) is 18.9 Å². The molecule has 1 aromatic carbocycles. The van der Waals surface area contributed by atoms with Crippen LogP contribution < -0.4 is 4.90 Å². The molecule has 25 heavy (non-hydrogen) atoms. The summed E-state index contributed by atoms with van der Waals surface area (Å²) < 4.78 is 38.8. The van der Waals surface area contributed by atoms with E-state index in [0.29, 0.717) is 24.1 Å². The van der Waals surface area contributed by atoms with Gasteiger partial charge in [0.1, 0.15) is 0 Å². The Morgan fingerprint density at radius 3 is 2.36 bits per heavy atom. The Morgan fingerprint density at radius 2 is 1.88 bits per heavy atom. The van der Waals surface area contributed by atoms with Crippen molar-refractivity contribution in [3.8, 4) is 0 Å². The van der Waals surface area contributed by atoms with E-state index in [1.807, 2.05) is 6.92 Å². The number of piperidine rings is 1. The molecule has 1 fully saturated rings. The van der Waals surface area contributed by atoms with Crippen molar-refractivity contribution in [2.24, 2.45) is 5.92 Å². The van der Waals surface area contributed by atoms with Gasteiger partial charge in [0.15, 0.2) is 0 Å². The summed E-state index contributed by atoms with van der Waals surface area (Å²) >= 11 is 0. The van der Waals surface area contributed by atoms with E-state index in [9.17, 15) is 18.3 Å². The van der Waals surface area contributed by atoms with Crippen molar-refractivity contribution in [3.05, 3.63) is 29.3 Å². The van der Waals surface area contributed by atoms with Gasteiger partial charge in [-0.15, -0.1) is 0 Å². The first-order valence-corrected chi connectivity index (χ1v) is 9.06. The third-order valence-corrected chi connectivity index (χ3v) is 4.85. The van der Waals surface area contributed by atoms with Crippen molar-refractivity contribution >= 4 is 5.69 Å². The quantitative estimate of drug-likeness (QED) is 0.828. The van der Waals surface area contributed by atoms with Gasteiger partial charge in [-0.2, -0.15) is 13.2 Å². The summed E-state index contributed by atoms with van der Waals surface area (Å²) in [4.78, 5) is 4.60. The number of alkyl halides is 3. The molecule has 0 saturated carbocycles. The number of aliphatic hydroxyl groups excluding tert-OH is 1. The molecule has 142 valence electrons. The number of anilines is 1. The SMILES string of the molecule is CCN(c1ccc(C(F)(F)F)cc1CO)C1CCN(CC(C)C)CC1. The molecule has 1 aliphatic heterocycles. The molecule has 1 aromatic rings. The smallest absolute Gasteiger partial charge is 0.392 e. The number of hydrogen-bond acceptors (Lipinski definition) is 3. The van der Waals surface area contributed by atoms with Crippen LogP contribution in [-0.2, 0) is 12.8 Å². The van der Waals surface area contributed by atoms with E-state index in [4.69, 9.17) is 0 Å². The zero-order chi connectivity index (χ0) is 18.6. The van der Waals surface area contributed by atoms with Crippen LogP contribution in [0.1, 0.15) is 44.7 Å². The first-order valence-electron chi connectivity index (χ1n) is 9.06. The van der Waals surface area contributed by atoms with Crippen LogP contribution in [0, 0.1) is 5.92 Å². The number of benzene rings is 1. The van der Waals surface area contributed by atoms with Crippen LogP contribution in [0.5, 0.6) is 0 Å². The van der Waals surface area contributed by atoms with Crippen molar-refractivity contribution in [3.63, 3.8) is 0 Å². The van der Waals surface area contributed by atoms with Crippen LogP contribution in [-0.4, -0.2) is 42.2 Å². The molecule has 1 saturated heterocycles. The van der Waals surface area contributed by atoms with Crippen molar-refractivity contribution in [2.75, 3.05) is 31.1 Å². The number of hydrogen-bond donors (Lipinski definition) is 1. The van der Waals surface area contributed by atoms with Gasteiger partial charge in [0.25, 0.3) is 0 Å². The Kier molecular flexibility index (Phi) is 6.74. The van der Waals surface area contributed by atoms with Gasteiger partial charge in [0.2, 0.25) is 0 Å². The van der Waals surface area contributed by atoms with E-state index in [-0.39, 0.29) is 6.61 Å². The van der Waals surface area contributed by atoms with E-state index >= 15 is 0 Å². The van der Waals surface area contributed by atoms with Gasteiger partial charge in [-0.05, 0) is 43.9 Å². The van der Waals surface area contributed by atoms with Gasteiger partial charge >= 0.3 is 6.18 Å². The first kappa shape index (κ1) is 20.0. The van der Waals surface area contributed by atoms with Gasteiger partial charge < -0.3 is 14.9 Å². The Morgan fingerprint density at radius 1 is 1.24 bits per heavy atom.